The summed E-state index contributed by atoms with van der Waals surface area (Å²) >= 11 is 6.25. The summed E-state index contributed by atoms with van der Waals surface area (Å²) in [4.78, 5) is 3.66. The molecule has 0 aliphatic heterocycles. The molecule has 0 unspecified atom stereocenters. The van der Waals surface area contributed by atoms with Gasteiger partial charge in [-0.1, -0.05) is 6.07 Å². The molecular weight excluding hydrogens is 299 g/mol. The third-order valence-electron chi connectivity index (χ3n) is 0.517. The van der Waals surface area contributed by atoms with E-state index in [-0.39, 0.29) is 13.2 Å². The molecule has 0 saturated carbocycles. The zero-order valence-electron chi connectivity index (χ0n) is 4.72. The third-order valence-corrected chi connectivity index (χ3v) is 0.517. The van der Waals surface area contributed by atoms with Gasteiger partial charge >= 0.3 is 40.5 Å². The molecule has 45 valence electrons. The molecule has 0 saturated heterocycles. The fourth-order valence-electron chi connectivity index (χ4n) is 0.277. The Morgan fingerprint density at radius 3 is 2.11 bits per heavy atom. The maximum Gasteiger partial charge on any atom is 0.0886 e. The molecule has 1 nitrogen and oxygen atoms in total. The van der Waals surface area contributed by atoms with E-state index in [1.807, 2.05) is 12.1 Å². The van der Waals surface area contributed by atoms with Crippen molar-refractivity contribution in [3.05, 3.63) is 30.6 Å². The molecule has 0 spiro atoms. The van der Waals surface area contributed by atoms with Gasteiger partial charge in [0.25, 0.3) is 0 Å². The molecule has 0 atom stereocenters. The van der Waals surface area contributed by atoms with E-state index in [2.05, 4.69) is 38.4 Å². The minimum Gasteiger partial charge on any atom is -0.255 e. The summed E-state index contributed by atoms with van der Waals surface area (Å²) in [5.41, 5.74) is 0. The van der Waals surface area contributed by atoms with Crippen LogP contribution in [0.4, 0.5) is 0 Å². The van der Waals surface area contributed by atoms with Crippen LogP contribution in [0.2, 0.25) is 0 Å². The predicted octanol–water partition coefficient (Wildman–Crippen LogP) is 2.57. The number of halogens is 2. The van der Waals surface area contributed by atoms with E-state index in [9.17, 15) is 0 Å². The standard InChI is InChI=1S/C5H4N.2BrH.Zn/c1-2-4-6-5-3-1;;;/h1-4H;2*1H;/q;;;+2/p-2. The average Bonchev–Trinajstić information content (AvgIpc) is 1.93. The van der Waals surface area contributed by atoms with Crippen molar-refractivity contribution >= 4 is 27.2 Å². The molecule has 1 aromatic heterocycles. The molecule has 0 aliphatic rings. The van der Waals surface area contributed by atoms with E-state index in [4.69, 9.17) is 0 Å². The quantitative estimate of drug-likeness (QED) is 0.671. The fraction of sp³-hybridized carbons (Fsp3) is 0. The summed E-state index contributed by atoms with van der Waals surface area (Å²) < 4.78 is 0. The Morgan fingerprint density at radius 1 is 1.33 bits per heavy atom. The molecule has 9 heavy (non-hydrogen) atoms. The van der Waals surface area contributed by atoms with E-state index >= 15 is 0 Å². The molecule has 0 bridgehead atoms. The summed E-state index contributed by atoms with van der Waals surface area (Å²) in [5, 5.41) is 0. The maximum absolute atomic E-state index is 3.66. The molecule has 0 fully saturated rings. The fourth-order valence-corrected chi connectivity index (χ4v) is 0.277. The second-order valence-corrected chi connectivity index (χ2v) is 15.1. The zero-order valence-corrected chi connectivity index (χ0v) is 10.9. The Hall–Kier alpha value is 0.733. The van der Waals surface area contributed by atoms with Crippen molar-refractivity contribution in [2.45, 2.75) is 0 Å². The van der Waals surface area contributed by atoms with Crippen molar-refractivity contribution in [3.63, 3.8) is 0 Å². The smallest absolute Gasteiger partial charge is 0.0886 e. The second kappa shape index (κ2) is 8.73. The summed E-state index contributed by atoms with van der Waals surface area (Å²) in [5.74, 6) is 0. The Balaban J connectivity index is 0.000000187. The number of pyridine rings is 1. The average molecular weight is 303 g/mol. The largest absolute Gasteiger partial charge is 0.255 e. The van der Waals surface area contributed by atoms with Crippen molar-refractivity contribution in [2.75, 3.05) is 0 Å². The van der Waals surface area contributed by atoms with Crippen LogP contribution in [0, 0.1) is 6.20 Å². The van der Waals surface area contributed by atoms with E-state index in [1.54, 1.807) is 12.3 Å². The summed E-state index contributed by atoms with van der Waals surface area (Å²) in [6.45, 7) is 0. The normalized spacial score (nSPS) is 6.44. The van der Waals surface area contributed by atoms with Crippen molar-refractivity contribution in [1.29, 1.82) is 0 Å². The molecule has 1 aromatic rings. The van der Waals surface area contributed by atoms with Gasteiger partial charge in [0, 0.05) is 6.20 Å². The van der Waals surface area contributed by atoms with Crippen LogP contribution < -0.4 is 0 Å². The minimum absolute atomic E-state index is 0.250. The van der Waals surface area contributed by atoms with Crippen LogP contribution in [-0.2, 0) is 13.2 Å². The van der Waals surface area contributed by atoms with Gasteiger partial charge in [-0.3, -0.25) is 4.98 Å². The van der Waals surface area contributed by atoms with Crippen LogP contribution >= 0.6 is 27.2 Å². The zero-order chi connectivity index (χ0) is 6.95. The first kappa shape index (κ1) is 9.73. The van der Waals surface area contributed by atoms with Crippen LogP contribution in [0.5, 0.6) is 0 Å². The minimum atomic E-state index is -0.250. The maximum atomic E-state index is 3.66. The van der Waals surface area contributed by atoms with Gasteiger partial charge in [-0.15, -0.1) is 0 Å². The van der Waals surface area contributed by atoms with Crippen molar-refractivity contribution in [3.8, 4) is 0 Å². The van der Waals surface area contributed by atoms with Crippen LogP contribution in [0.25, 0.3) is 0 Å². The number of hydrogen-bond acceptors (Lipinski definition) is 1. The molecule has 1 radical (unpaired) electrons. The number of hydrogen-bond donors (Lipinski definition) is 0. The monoisotopic (exact) mass is 300 g/mol. The topological polar surface area (TPSA) is 12.9 Å². The van der Waals surface area contributed by atoms with Gasteiger partial charge in [-0.25, -0.2) is 0 Å². The van der Waals surface area contributed by atoms with E-state index < -0.39 is 0 Å². The molecule has 0 amide bonds. The molecule has 1 rings (SSSR count). The molecule has 0 aliphatic carbocycles. The number of aromatic nitrogens is 1. The van der Waals surface area contributed by atoms with Gasteiger partial charge in [-0.2, -0.15) is 0 Å². The van der Waals surface area contributed by atoms with E-state index in [0.717, 1.165) is 0 Å². The Labute approximate surface area is 75.6 Å². The van der Waals surface area contributed by atoms with Crippen LogP contribution in [0.1, 0.15) is 0 Å². The summed E-state index contributed by atoms with van der Waals surface area (Å²) in [6.07, 6.45) is 4.34. The Bertz CT molecular complexity index is 97.8. The second-order valence-electron chi connectivity index (χ2n) is 1.06. The van der Waals surface area contributed by atoms with Gasteiger partial charge in [0.05, 0.1) is 6.20 Å². The van der Waals surface area contributed by atoms with E-state index in [0.29, 0.717) is 0 Å². The van der Waals surface area contributed by atoms with E-state index in [1.165, 1.54) is 0 Å². The first-order chi connectivity index (χ1) is 4.41. The van der Waals surface area contributed by atoms with Crippen molar-refractivity contribution in [2.24, 2.45) is 0 Å². The van der Waals surface area contributed by atoms with Gasteiger partial charge in [0.1, 0.15) is 0 Å². The first-order valence-electron chi connectivity index (χ1n) is 2.31. The van der Waals surface area contributed by atoms with Gasteiger partial charge in [-0.05, 0) is 12.1 Å². The van der Waals surface area contributed by atoms with Gasteiger partial charge in [0.15, 0.2) is 0 Å². The summed E-state index contributed by atoms with van der Waals surface area (Å²) in [6, 6.07) is 5.50. The van der Waals surface area contributed by atoms with Crippen molar-refractivity contribution < 1.29 is 13.2 Å². The Kier molecular flexibility index (Phi) is 9.45. The van der Waals surface area contributed by atoms with Gasteiger partial charge < -0.3 is 0 Å². The third kappa shape index (κ3) is 8.73. The number of rotatable bonds is 0. The molecule has 4 heteroatoms. The summed E-state index contributed by atoms with van der Waals surface area (Å²) in [7, 11) is 0. The molecular formula is C5H4Br2NZn. The molecule has 1 heterocycles. The first-order valence-corrected chi connectivity index (χ1v) is 16.2. The van der Waals surface area contributed by atoms with Crippen LogP contribution in [-0.4, -0.2) is 4.98 Å². The van der Waals surface area contributed by atoms with Crippen molar-refractivity contribution in [1.82, 2.24) is 4.98 Å². The Morgan fingerprint density at radius 2 is 2.00 bits per heavy atom. The van der Waals surface area contributed by atoms with Crippen LogP contribution in [0.15, 0.2) is 24.4 Å². The predicted molar refractivity (Wildman–Crippen MR) is 40.9 cm³/mol. The molecule has 0 N–H and O–H groups in total. The van der Waals surface area contributed by atoms with Crippen LogP contribution in [0.3, 0.4) is 0 Å². The molecule has 0 aromatic carbocycles. The SMILES string of the molecule is [Br][Zn][Br].[c]1ccccn1. The van der Waals surface area contributed by atoms with Gasteiger partial charge in [0.2, 0.25) is 0 Å². The number of nitrogens with zero attached hydrogens (tertiary/aromatic N) is 1.